The molecule has 3 N–H and O–H groups in total. The van der Waals surface area contributed by atoms with E-state index in [2.05, 4.69) is 17.1 Å². The maximum Gasteiger partial charge on any atom is 0.145 e. The van der Waals surface area contributed by atoms with Crippen LogP contribution in [0.15, 0.2) is 6.07 Å². The number of anilines is 1. The molecule has 1 saturated carbocycles. The van der Waals surface area contributed by atoms with E-state index in [4.69, 9.17) is 5.73 Å². The molecule has 0 aliphatic heterocycles. The number of aromatic nitrogens is 2. The summed E-state index contributed by atoms with van der Waals surface area (Å²) in [6, 6.07) is 1.92. The summed E-state index contributed by atoms with van der Waals surface area (Å²) in [6.07, 6.45) is 1.28. The van der Waals surface area contributed by atoms with Crippen LogP contribution in [-0.4, -0.2) is 10.2 Å². The summed E-state index contributed by atoms with van der Waals surface area (Å²) in [4.78, 5) is 0. The highest BCUT2D eigenvalue weighted by atomic mass is 15.2. The Morgan fingerprint density at radius 2 is 2.50 bits per heavy atom. The monoisotopic (exact) mass is 137 g/mol. The molecule has 0 amide bonds. The molecule has 0 aromatic carbocycles. The third kappa shape index (κ3) is 0.781. The Bertz CT molecular complexity index is 241. The van der Waals surface area contributed by atoms with E-state index in [1.165, 1.54) is 12.1 Å². The van der Waals surface area contributed by atoms with Crippen molar-refractivity contribution in [1.29, 1.82) is 0 Å². The summed E-state index contributed by atoms with van der Waals surface area (Å²) >= 11 is 0. The molecule has 1 aromatic rings. The van der Waals surface area contributed by atoms with Crippen LogP contribution in [0, 0.1) is 5.92 Å². The lowest BCUT2D eigenvalue weighted by Crippen LogP contribution is -1.81. The Labute approximate surface area is 59.6 Å². The molecule has 1 heterocycles. The van der Waals surface area contributed by atoms with E-state index in [1.54, 1.807) is 0 Å². The second-order valence-electron chi connectivity index (χ2n) is 3.07. The molecule has 2 atom stereocenters. The number of hydrogen-bond donors (Lipinski definition) is 2. The van der Waals surface area contributed by atoms with E-state index in [0.717, 1.165) is 5.92 Å². The van der Waals surface area contributed by atoms with Crippen LogP contribution in [0.4, 0.5) is 5.82 Å². The highest BCUT2D eigenvalue weighted by Gasteiger charge is 2.35. The minimum Gasteiger partial charge on any atom is -0.382 e. The topological polar surface area (TPSA) is 54.7 Å². The normalized spacial score (nSPS) is 30.5. The number of nitrogens with one attached hydrogen (secondary N) is 1. The second kappa shape index (κ2) is 1.75. The van der Waals surface area contributed by atoms with Gasteiger partial charge in [-0.25, -0.2) is 0 Å². The third-order valence-corrected chi connectivity index (χ3v) is 2.13. The number of hydrogen-bond acceptors (Lipinski definition) is 2. The third-order valence-electron chi connectivity index (χ3n) is 2.13. The van der Waals surface area contributed by atoms with Crippen LogP contribution >= 0.6 is 0 Å². The van der Waals surface area contributed by atoms with Gasteiger partial charge in [0.15, 0.2) is 0 Å². The van der Waals surface area contributed by atoms with Crippen molar-refractivity contribution in [2.45, 2.75) is 19.3 Å². The van der Waals surface area contributed by atoms with Gasteiger partial charge in [-0.3, -0.25) is 5.10 Å². The molecule has 0 spiro atoms. The molecule has 0 radical (unpaired) electrons. The predicted molar refractivity (Wildman–Crippen MR) is 39.5 cm³/mol. The van der Waals surface area contributed by atoms with Crippen molar-refractivity contribution >= 4 is 5.82 Å². The van der Waals surface area contributed by atoms with Crippen LogP contribution in [0.1, 0.15) is 25.0 Å². The molecule has 0 unspecified atom stereocenters. The van der Waals surface area contributed by atoms with Crippen molar-refractivity contribution < 1.29 is 0 Å². The lowest BCUT2D eigenvalue weighted by molar-refractivity contribution is 0.872. The van der Waals surface area contributed by atoms with E-state index in [9.17, 15) is 0 Å². The van der Waals surface area contributed by atoms with Gasteiger partial charge in [-0.15, -0.1) is 0 Å². The molecular weight excluding hydrogens is 126 g/mol. The Hall–Kier alpha value is -0.990. The average Bonchev–Trinajstić information content (AvgIpc) is 2.42. The number of H-pyrrole nitrogens is 1. The standard InChI is InChI=1S/C7H11N3/c1-4-2-5(4)6-3-7(8)10-9-6/h3-5H,2H2,1H3,(H3,8,9,10)/t4-,5-/m1/s1. The Morgan fingerprint density at radius 1 is 1.80 bits per heavy atom. The van der Waals surface area contributed by atoms with E-state index >= 15 is 0 Å². The lowest BCUT2D eigenvalue weighted by atomic mass is 10.2. The predicted octanol–water partition coefficient (Wildman–Crippen LogP) is 1.12. The quantitative estimate of drug-likeness (QED) is 0.609. The van der Waals surface area contributed by atoms with E-state index in [-0.39, 0.29) is 0 Å². The molecule has 54 valence electrons. The summed E-state index contributed by atoms with van der Waals surface area (Å²) in [6.45, 7) is 2.24. The van der Waals surface area contributed by atoms with Gasteiger partial charge in [0.2, 0.25) is 0 Å². The summed E-state index contributed by atoms with van der Waals surface area (Å²) < 4.78 is 0. The summed E-state index contributed by atoms with van der Waals surface area (Å²) in [5.74, 6) is 2.12. The SMILES string of the molecule is C[C@@H]1C[C@H]1c1cc(N)n[nH]1. The number of nitrogens with zero attached hydrogens (tertiary/aromatic N) is 1. The van der Waals surface area contributed by atoms with Gasteiger partial charge in [0.25, 0.3) is 0 Å². The van der Waals surface area contributed by atoms with Gasteiger partial charge in [-0.1, -0.05) is 6.92 Å². The Morgan fingerprint density at radius 3 is 2.90 bits per heavy atom. The largest absolute Gasteiger partial charge is 0.382 e. The molecule has 3 nitrogen and oxygen atoms in total. The molecule has 1 fully saturated rings. The number of nitrogens with two attached hydrogens (primary N) is 1. The van der Waals surface area contributed by atoms with Crippen molar-refractivity contribution in [3.8, 4) is 0 Å². The first-order valence-corrected chi connectivity index (χ1v) is 3.58. The van der Waals surface area contributed by atoms with Crippen LogP contribution in [0.25, 0.3) is 0 Å². The lowest BCUT2D eigenvalue weighted by Gasteiger charge is -1.86. The minimum atomic E-state index is 0.606. The number of aromatic amines is 1. The van der Waals surface area contributed by atoms with Gasteiger partial charge in [0.05, 0.1) is 0 Å². The van der Waals surface area contributed by atoms with Crippen molar-refractivity contribution in [3.63, 3.8) is 0 Å². The number of rotatable bonds is 1. The van der Waals surface area contributed by atoms with Gasteiger partial charge in [0, 0.05) is 17.7 Å². The van der Waals surface area contributed by atoms with Crippen LogP contribution in [0.3, 0.4) is 0 Å². The number of nitrogen functional groups attached to an aromatic ring is 1. The fraction of sp³-hybridized carbons (Fsp3) is 0.571. The molecular formula is C7H11N3. The van der Waals surface area contributed by atoms with Crippen molar-refractivity contribution in [2.75, 3.05) is 5.73 Å². The molecule has 1 aromatic heterocycles. The van der Waals surface area contributed by atoms with Crippen LogP contribution < -0.4 is 5.73 Å². The smallest absolute Gasteiger partial charge is 0.145 e. The van der Waals surface area contributed by atoms with Crippen LogP contribution in [-0.2, 0) is 0 Å². The zero-order valence-electron chi connectivity index (χ0n) is 5.96. The van der Waals surface area contributed by atoms with Gasteiger partial charge >= 0.3 is 0 Å². The van der Waals surface area contributed by atoms with E-state index in [0.29, 0.717) is 11.7 Å². The Kier molecular flexibility index (Phi) is 1.01. The Balaban J connectivity index is 2.20. The second-order valence-corrected chi connectivity index (χ2v) is 3.07. The van der Waals surface area contributed by atoms with Gasteiger partial charge in [-0.05, 0) is 12.3 Å². The molecule has 1 aliphatic carbocycles. The van der Waals surface area contributed by atoms with Crippen LogP contribution in [0.2, 0.25) is 0 Å². The molecule has 3 heteroatoms. The van der Waals surface area contributed by atoms with Crippen molar-refractivity contribution in [1.82, 2.24) is 10.2 Å². The first-order valence-electron chi connectivity index (χ1n) is 3.58. The fourth-order valence-electron chi connectivity index (χ4n) is 1.30. The molecule has 1 aliphatic rings. The van der Waals surface area contributed by atoms with Gasteiger partial charge in [0.1, 0.15) is 5.82 Å². The van der Waals surface area contributed by atoms with Crippen LogP contribution in [0.5, 0.6) is 0 Å². The summed E-state index contributed by atoms with van der Waals surface area (Å²) in [5.41, 5.74) is 6.65. The van der Waals surface area contributed by atoms with E-state index in [1.807, 2.05) is 6.07 Å². The summed E-state index contributed by atoms with van der Waals surface area (Å²) in [7, 11) is 0. The zero-order chi connectivity index (χ0) is 7.14. The average molecular weight is 137 g/mol. The maximum atomic E-state index is 5.45. The van der Waals surface area contributed by atoms with E-state index < -0.39 is 0 Å². The fourth-order valence-corrected chi connectivity index (χ4v) is 1.30. The molecule has 10 heavy (non-hydrogen) atoms. The van der Waals surface area contributed by atoms with Gasteiger partial charge < -0.3 is 5.73 Å². The molecule has 2 rings (SSSR count). The van der Waals surface area contributed by atoms with Gasteiger partial charge in [-0.2, -0.15) is 5.10 Å². The maximum absolute atomic E-state index is 5.45. The zero-order valence-corrected chi connectivity index (χ0v) is 5.96. The summed E-state index contributed by atoms with van der Waals surface area (Å²) in [5, 5.41) is 6.79. The molecule has 0 bridgehead atoms. The minimum absolute atomic E-state index is 0.606. The first kappa shape index (κ1) is 5.77. The highest BCUT2D eigenvalue weighted by molar-refractivity contribution is 5.32. The molecule has 0 saturated heterocycles. The van der Waals surface area contributed by atoms with Crippen molar-refractivity contribution in [2.24, 2.45) is 5.92 Å². The highest BCUT2D eigenvalue weighted by Crippen LogP contribution is 2.46. The first-order chi connectivity index (χ1) is 4.77. The van der Waals surface area contributed by atoms with Crippen molar-refractivity contribution in [3.05, 3.63) is 11.8 Å².